The first kappa shape index (κ1) is 18.3. The molecule has 28 heavy (non-hydrogen) atoms. The van der Waals surface area contributed by atoms with Gasteiger partial charge in [0.25, 0.3) is 5.22 Å². The number of hydrogen-bond acceptors (Lipinski definition) is 6. The van der Waals surface area contributed by atoms with Crippen LogP contribution in [0.25, 0.3) is 22.4 Å². The molecule has 0 fully saturated rings. The van der Waals surface area contributed by atoms with E-state index in [9.17, 15) is 4.79 Å². The van der Waals surface area contributed by atoms with Gasteiger partial charge < -0.3 is 14.1 Å². The van der Waals surface area contributed by atoms with Crippen LogP contribution in [0.2, 0.25) is 0 Å². The number of hydrogen-bond donors (Lipinski definition) is 1. The normalized spacial score (nSPS) is 12.2. The molecule has 2 heterocycles. The number of Topliss-reactive ketones (excluding diaryl/α,β-unsaturated/α-hetero) is 1. The van der Waals surface area contributed by atoms with Crippen LogP contribution in [-0.2, 0) is 0 Å². The highest BCUT2D eigenvalue weighted by Gasteiger charge is 2.22. The molecule has 4 aromatic rings. The summed E-state index contributed by atoms with van der Waals surface area (Å²) in [6, 6.07) is 15.2. The summed E-state index contributed by atoms with van der Waals surface area (Å²) in [5, 5.41) is 9.09. The van der Waals surface area contributed by atoms with Crippen molar-refractivity contribution in [3.05, 3.63) is 60.3 Å². The quantitative estimate of drug-likeness (QED) is 0.352. The second-order valence-electron chi connectivity index (χ2n) is 6.20. The summed E-state index contributed by atoms with van der Waals surface area (Å²) in [5.41, 5.74) is 2.42. The molecule has 2 aromatic heterocycles. The van der Waals surface area contributed by atoms with Gasteiger partial charge in [-0.05, 0) is 44.2 Å². The maximum Gasteiger partial charge on any atom is 0.277 e. The van der Waals surface area contributed by atoms with Crippen molar-refractivity contribution in [2.24, 2.45) is 0 Å². The molecule has 0 bridgehead atoms. The summed E-state index contributed by atoms with van der Waals surface area (Å²) in [7, 11) is 0. The van der Waals surface area contributed by atoms with Gasteiger partial charge in [0.1, 0.15) is 5.75 Å². The van der Waals surface area contributed by atoms with E-state index in [0.717, 1.165) is 22.2 Å². The number of fused-ring (bicyclic) bond motifs is 1. The van der Waals surface area contributed by atoms with Gasteiger partial charge in [-0.3, -0.25) is 4.79 Å². The molecule has 0 spiro atoms. The summed E-state index contributed by atoms with van der Waals surface area (Å²) in [5.74, 6) is 1.22. The van der Waals surface area contributed by atoms with Crippen molar-refractivity contribution in [3.63, 3.8) is 0 Å². The number of rotatable bonds is 7. The topological polar surface area (TPSA) is 81.0 Å². The third-order valence-corrected chi connectivity index (χ3v) is 5.25. The van der Waals surface area contributed by atoms with Crippen molar-refractivity contribution in [1.82, 2.24) is 15.2 Å². The van der Waals surface area contributed by atoms with E-state index in [-0.39, 0.29) is 11.0 Å². The van der Waals surface area contributed by atoms with E-state index in [2.05, 4.69) is 15.2 Å². The number of nitrogens with one attached hydrogen (secondary N) is 1. The fourth-order valence-corrected chi connectivity index (χ4v) is 3.69. The summed E-state index contributed by atoms with van der Waals surface area (Å²) in [4.78, 5) is 16.0. The molecule has 0 saturated heterocycles. The fourth-order valence-electron chi connectivity index (χ4n) is 2.93. The van der Waals surface area contributed by atoms with Gasteiger partial charge in [-0.1, -0.05) is 30.0 Å². The van der Waals surface area contributed by atoms with Crippen LogP contribution in [-0.4, -0.2) is 32.8 Å². The van der Waals surface area contributed by atoms with Crippen LogP contribution in [0, 0.1) is 0 Å². The molecule has 0 radical (unpaired) electrons. The summed E-state index contributed by atoms with van der Waals surface area (Å²) in [6.07, 6.45) is 1.75. The highest BCUT2D eigenvalue weighted by molar-refractivity contribution is 8.00. The first-order valence-corrected chi connectivity index (χ1v) is 9.87. The molecule has 0 aliphatic rings. The predicted molar refractivity (Wildman–Crippen MR) is 109 cm³/mol. The van der Waals surface area contributed by atoms with Gasteiger partial charge in [0.15, 0.2) is 5.78 Å². The lowest BCUT2D eigenvalue weighted by Crippen LogP contribution is -2.13. The Morgan fingerprint density at radius 1 is 1.18 bits per heavy atom. The second-order valence-corrected chi connectivity index (χ2v) is 7.49. The number of nitrogens with zero attached hydrogens (tertiary/aromatic N) is 2. The minimum atomic E-state index is -0.354. The van der Waals surface area contributed by atoms with Crippen molar-refractivity contribution < 1.29 is 13.9 Å². The van der Waals surface area contributed by atoms with Crippen LogP contribution in [0.5, 0.6) is 5.75 Å². The molecule has 4 rings (SSSR count). The molecular formula is C21H19N3O3S. The molecule has 1 atom stereocenters. The first-order valence-electron chi connectivity index (χ1n) is 8.99. The fraction of sp³-hybridized carbons (Fsp3) is 0.190. The van der Waals surface area contributed by atoms with E-state index < -0.39 is 0 Å². The molecule has 6 nitrogen and oxygen atoms in total. The van der Waals surface area contributed by atoms with Crippen LogP contribution in [0.4, 0.5) is 0 Å². The van der Waals surface area contributed by atoms with Crippen LogP contribution in [0.3, 0.4) is 0 Å². The number of carbonyl (C=O) groups is 1. The van der Waals surface area contributed by atoms with Crippen molar-refractivity contribution in [3.8, 4) is 17.2 Å². The third kappa shape index (κ3) is 3.66. The Bertz CT molecular complexity index is 1100. The Morgan fingerprint density at radius 2 is 1.96 bits per heavy atom. The van der Waals surface area contributed by atoms with Crippen molar-refractivity contribution in [2.75, 3.05) is 6.61 Å². The zero-order valence-electron chi connectivity index (χ0n) is 15.5. The van der Waals surface area contributed by atoms with Crippen LogP contribution in [0.15, 0.2) is 64.4 Å². The van der Waals surface area contributed by atoms with E-state index in [1.165, 1.54) is 11.8 Å². The number of ketones is 1. The van der Waals surface area contributed by atoms with E-state index in [1.807, 2.05) is 62.4 Å². The van der Waals surface area contributed by atoms with E-state index in [1.54, 1.807) is 6.20 Å². The number of carbonyl (C=O) groups excluding carboxylic acids is 1. The molecule has 0 aliphatic heterocycles. The highest BCUT2D eigenvalue weighted by Crippen LogP contribution is 2.30. The monoisotopic (exact) mass is 393 g/mol. The van der Waals surface area contributed by atoms with Gasteiger partial charge >= 0.3 is 0 Å². The average molecular weight is 393 g/mol. The first-order chi connectivity index (χ1) is 13.7. The molecule has 0 aliphatic carbocycles. The van der Waals surface area contributed by atoms with Gasteiger partial charge in [0.2, 0.25) is 5.89 Å². The van der Waals surface area contributed by atoms with Crippen molar-refractivity contribution >= 4 is 28.4 Å². The Hall–Kier alpha value is -3.06. The minimum absolute atomic E-state index is 0.0169. The minimum Gasteiger partial charge on any atom is -0.494 e. The van der Waals surface area contributed by atoms with Crippen LogP contribution in [0.1, 0.15) is 24.2 Å². The Kier molecular flexibility index (Phi) is 5.16. The van der Waals surface area contributed by atoms with Crippen molar-refractivity contribution in [1.29, 1.82) is 0 Å². The summed E-state index contributed by atoms with van der Waals surface area (Å²) < 4.78 is 11.2. The van der Waals surface area contributed by atoms with E-state index in [4.69, 9.17) is 9.15 Å². The highest BCUT2D eigenvalue weighted by atomic mass is 32.2. The molecule has 1 N–H and O–H groups in total. The maximum atomic E-state index is 12.9. The smallest absolute Gasteiger partial charge is 0.277 e. The SMILES string of the molecule is CCOc1ccc(-c2nnc(S[C@H](C)C(=O)c3c[nH]c4ccccc34)o2)cc1. The Balaban J connectivity index is 1.48. The number of ether oxygens (including phenoxy) is 1. The molecule has 0 unspecified atom stereocenters. The Morgan fingerprint density at radius 3 is 2.75 bits per heavy atom. The predicted octanol–water partition coefficient (Wildman–Crippen LogP) is 4.98. The number of para-hydroxylation sites is 1. The lowest BCUT2D eigenvalue weighted by atomic mass is 10.1. The van der Waals surface area contributed by atoms with E-state index >= 15 is 0 Å². The largest absolute Gasteiger partial charge is 0.494 e. The number of aromatic nitrogens is 3. The average Bonchev–Trinajstić information content (AvgIpc) is 3.35. The zero-order chi connectivity index (χ0) is 19.5. The van der Waals surface area contributed by atoms with Gasteiger partial charge in [-0.25, -0.2) is 0 Å². The number of aromatic amines is 1. The molecular weight excluding hydrogens is 374 g/mol. The number of thioether (sulfide) groups is 1. The van der Waals surface area contributed by atoms with Gasteiger partial charge in [-0.15, -0.1) is 10.2 Å². The van der Waals surface area contributed by atoms with Crippen LogP contribution >= 0.6 is 11.8 Å². The Labute approximate surface area is 166 Å². The second kappa shape index (κ2) is 7.90. The number of H-pyrrole nitrogens is 1. The maximum absolute atomic E-state index is 12.9. The van der Waals surface area contributed by atoms with Gasteiger partial charge in [0.05, 0.1) is 11.9 Å². The van der Waals surface area contributed by atoms with Gasteiger partial charge in [-0.2, -0.15) is 0 Å². The summed E-state index contributed by atoms with van der Waals surface area (Å²) >= 11 is 1.26. The molecule has 0 saturated carbocycles. The zero-order valence-corrected chi connectivity index (χ0v) is 16.3. The van der Waals surface area contributed by atoms with Crippen molar-refractivity contribution in [2.45, 2.75) is 24.3 Å². The van der Waals surface area contributed by atoms with Crippen LogP contribution < -0.4 is 4.74 Å². The third-order valence-electron chi connectivity index (χ3n) is 4.32. The summed E-state index contributed by atoms with van der Waals surface area (Å²) in [6.45, 7) is 4.40. The van der Waals surface area contributed by atoms with Gasteiger partial charge in [0, 0.05) is 28.2 Å². The number of benzene rings is 2. The molecule has 2 aromatic carbocycles. The lowest BCUT2D eigenvalue weighted by molar-refractivity contribution is 0.0995. The molecule has 0 amide bonds. The standard InChI is InChI=1S/C21H19N3O3S/c1-3-26-15-10-8-14(9-11-15)20-23-24-21(27-20)28-13(2)19(25)17-12-22-18-7-5-4-6-16(17)18/h4-13,22H,3H2,1-2H3/t13-/m1/s1. The van der Waals surface area contributed by atoms with E-state index in [0.29, 0.717) is 23.3 Å². The molecule has 7 heteroatoms. The lowest BCUT2D eigenvalue weighted by Gasteiger charge is -2.06. The molecule has 142 valence electrons.